The molecule has 0 saturated carbocycles. The van der Waals surface area contributed by atoms with Crippen LogP contribution in [-0.4, -0.2) is 16.2 Å². The number of hydrogen-bond acceptors (Lipinski definition) is 4. The third-order valence-electron chi connectivity index (χ3n) is 2.83. The van der Waals surface area contributed by atoms with Gasteiger partial charge in [0.2, 0.25) is 0 Å². The molecule has 0 amide bonds. The fourth-order valence-corrected chi connectivity index (χ4v) is 3.03. The summed E-state index contributed by atoms with van der Waals surface area (Å²) in [5, 5.41) is 1.88. The number of fused-ring (bicyclic) bond motifs is 1. The van der Waals surface area contributed by atoms with E-state index >= 15 is 0 Å². The van der Waals surface area contributed by atoms with Crippen molar-refractivity contribution in [2.75, 3.05) is 6.61 Å². The van der Waals surface area contributed by atoms with E-state index in [4.69, 9.17) is 4.74 Å². The molecule has 0 atom stereocenters. The maximum atomic E-state index is 12.2. The molecule has 3 aromatic rings. The lowest BCUT2D eigenvalue weighted by molar-refractivity contribution is 0.296. The van der Waals surface area contributed by atoms with Crippen molar-refractivity contribution in [2.24, 2.45) is 0 Å². The molecule has 0 saturated heterocycles. The molecule has 3 rings (SSSR count). The minimum absolute atomic E-state index is 0.0113. The molecule has 2 aromatic heterocycles. The number of nitrogens with zero attached hydrogens (tertiary/aromatic N) is 2. The molecular weight excluding hydrogens is 340 g/mol. The molecule has 2 heterocycles. The Morgan fingerprint density at radius 3 is 3.10 bits per heavy atom. The van der Waals surface area contributed by atoms with Crippen LogP contribution in [0.1, 0.15) is 0 Å². The minimum Gasteiger partial charge on any atom is -0.492 e. The average Bonchev–Trinajstić information content (AvgIpc) is 2.91. The SMILES string of the molecule is O=c1c2sccc2ncn1CCOc1cccc(Br)c1. The molecule has 6 heteroatoms. The number of rotatable bonds is 4. The number of ether oxygens (including phenoxy) is 1. The molecule has 102 valence electrons. The van der Waals surface area contributed by atoms with Crippen LogP contribution in [0.25, 0.3) is 10.2 Å². The molecule has 4 nitrogen and oxygen atoms in total. The topological polar surface area (TPSA) is 44.1 Å². The van der Waals surface area contributed by atoms with Crippen LogP contribution in [-0.2, 0) is 6.54 Å². The normalized spacial score (nSPS) is 10.8. The molecule has 0 fully saturated rings. The molecule has 20 heavy (non-hydrogen) atoms. The van der Waals surface area contributed by atoms with E-state index in [1.54, 1.807) is 10.9 Å². The Morgan fingerprint density at radius 1 is 1.35 bits per heavy atom. The van der Waals surface area contributed by atoms with Crippen molar-refractivity contribution in [1.29, 1.82) is 0 Å². The van der Waals surface area contributed by atoms with E-state index in [1.165, 1.54) is 11.3 Å². The van der Waals surface area contributed by atoms with Gasteiger partial charge in [-0.25, -0.2) is 4.98 Å². The van der Waals surface area contributed by atoms with Gasteiger partial charge in [-0.15, -0.1) is 11.3 Å². The first-order valence-corrected chi connectivity index (χ1v) is 7.72. The Labute approximate surface area is 127 Å². The number of benzene rings is 1. The maximum absolute atomic E-state index is 12.2. The lowest BCUT2D eigenvalue weighted by Gasteiger charge is -2.08. The molecule has 0 radical (unpaired) electrons. The molecule has 0 N–H and O–H groups in total. The largest absolute Gasteiger partial charge is 0.492 e. The molecule has 0 unspecified atom stereocenters. The van der Waals surface area contributed by atoms with Crippen molar-refractivity contribution in [1.82, 2.24) is 9.55 Å². The quantitative estimate of drug-likeness (QED) is 0.725. The second-order valence-electron chi connectivity index (χ2n) is 4.18. The number of aromatic nitrogens is 2. The van der Waals surface area contributed by atoms with E-state index in [0.29, 0.717) is 17.9 Å². The number of hydrogen-bond donors (Lipinski definition) is 0. The van der Waals surface area contributed by atoms with E-state index in [0.717, 1.165) is 15.7 Å². The Balaban J connectivity index is 1.71. The number of thiophene rings is 1. The first-order valence-electron chi connectivity index (χ1n) is 6.05. The zero-order chi connectivity index (χ0) is 13.9. The Bertz CT molecular complexity index is 797. The predicted molar refractivity (Wildman–Crippen MR) is 83.5 cm³/mol. The van der Waals surface area contributed by atoms with Crippen molar-refractivity contribution >= 4 is 37.5 Å². The smallest absolute Gasteiger partial charge is 0.271 e. The Hall–Kier alpha value is -1.66. The highest BCUT2D eigenvalue weighted by Gasteiger charge is 2.05. The van der Waals surface area contributed by atoms with E-state index < -0.39 is 0 Å². The van der Waals surface area contributed by atoms with Crippen LogP contribution in [0.3, 0.4) is 0 Å². The van der Waals surface area contributed by atoms with Crippen molar-refractivity contribution in [3.8, 4) is 5.75 Å². The van der Waals surface area contributed by atoms with Crippen molar-refractivity contribution in [3.63, 3.8) is 0 Å². The fourth-order valence-electron chi connectivity index (χ4n) is 1.86. The zero-order valence-corrected chi connectivity index (χ0v) is 12.9. The summed E-state index contributed by atoms with van der Waals surface area (Å²) in [5.74, 6) is 0.776. The van der Waals surface area contributed by atoms with Gasteiger partial charge in [-0.2, -0.15) is 0 Å². The molecule has 0 aliphatic rings. The van der Waals surface area contributed by atoms with Gasteiger partial charge in [0.25, 0.3) is 5.56 Å². The number of halogens is 1. The lowest BCUT2D eigenvalue weighted by Crippen LogP contribution is -2.22. The van der Waals surface area contributed by atoms with Gasteiger partial charge in [0.1, 0.15) is 17.1 Å². The molecule has 0 spiro atoms. The first kappa shape index (κ1) is 13.3. The van der Waals surface area contributed by atoms with Gasteiger partial charge < -0.3 is 4.74 Å². The van der Waals surface area contributed by atoms with Gasteiger partial charge >= 0.3 is 0 Å². The summed E-state index contributed by atoms with van der Waals surface area (Å²) in [6.45, 7) is 0.904. The van der Waals surface area contributed by atoms with Crippen LogP contribution in [0.5, 0.6) is 5.75 Å². The Morgan fingerprint density at radius 2 is 2.25 bits per heavy atom. The van der Waals surface area contributed by atoms with Crippen LogP contribution in [0.2, 0.25) is 0 Å². The van der Waals surface area contributed by atoms with E-state index in [9.17, 15) is 4.79 Å². The second kappa shape index (κ2) is 5.76. The van der Waals surface area contributed by atoms with Crippen LogP contribution < -0.4 is 10.3 Å². The predicted octanol–water partition coefficient (Wildman–Crippen LogP) is 3.30. The van der Waals surface area contributed by atoms with Crippen molar-refractivity contribution < 1.29 is 4.74 Å². The lowest BCUT2D eigenvalue weighted by atomic mass is 10.3. The first-order chi connectivity index (χ1) is 9.74. The van der Waals surface area contributed by atoms with E-state index in [2.05, 4.69) is 20.9 Å². The molecule has 0 aliphatic heterocycles. The zero-order valence-electron chi connectivity index (χ0n) is 10.5. The highest BCUT2D eigenvalue weighted by molar-refractivity contribution is 9.10. The van der Waals surface area contributed by atoms with E-state index in [1.807, 2.05) is 35.7 Å². The third-order valence-corrected chi connectivity index (χ3v) is 4.22. The Kier molecular flexibility index (Phi) is 3.84. The summed E-state index contributed by atoms with van der Waals surface area (Å²) in [4.78, 5) is 16.4. The van der Waals surface area contributed by atoms with Gasteiger partial charge in [-0.1, -0.05) is 22.0 Å². The van der Waals surface area contributed by atoms with Crippen molar-refractivity contribution in [2.45, 2.75) is 6.54 Å². The highest BCUT2D eigenvalue weighted by Crippen LogP contribution is 2.17. The van der Waals surface area contributed by atoms with Crippen molar-refractivity contribution in [3.05, 3.63) is 56.9 Å². The minimum atomic E-state index is -0.0113. The summed E-state index contributed by atoms with van der Waals surface area (Å²) in [7, 11) is 0. The van der Waals surface area contributed by atoms with Gasteiger partial charge in [0, 0.05) is 4.47 Å². The average molecular weight is 351 g/mol. The summed E-state index contributed by atoms with van der Waals surface area (Å²) in [5.41, 5.74) is 0.743. The van der Waals surface area contributed by atoms with Gasteiger partial charge in [0.15, 0.2) is 0 Å². The van der Waals surface area contributed by atoms with Gasteiger partial charge in [-0.05, 0) is 29.6 Å². The van der Waals surface area contributed by atoms with Crippen LogP contribution in [0.15, 0.2) is 51.3 Å². The molecule has 1 aromatic carbocycles. The third kappa shape index (κ3) is 2.76. The van der Waals surface area contributed by atoms with Crippen LogP contribution >= 0.6 is 27.3 Å². The molecule has 0 aliphatic carbocycles. The van der Waals surface area contributed by atoms with Crippen LogP contribution in [0, 0.1) is 0 Å². The summed E-state index contributed by atoms with van der Waals surface area (Å²) in [6.07, 6.45) is 1.57. The van der Waals surface area contributed by atoms with Crippen LogP contribution in [0.4, 0.5) is 0 Å². The maximum Gasteiger partial charge on any atom is 0.271 e. The van der Waals surface area contributed by atoms with Gasteiger partial charge in [-0.3, -0.25) is 9.36 Å². The van der Waals surface area contributed by atoms with Gasteiger partial charge in [0.05, 0.1) is 18.4 Å². The second-order valence-corrected chi connectivity index (χ2v) is 6.02. The summed E-state index contributed by atoms with van der Waals surface area (Å²) in [6, 6.07) is 9.47. The monoisotopic (exact) mass is 350 g/mol. The molecular formula is C14H11BrN2O2S. The summed E-state index contributed by atoms with van der Waals surface area (Å²) >= 11 is 4.81. The highest BCUT2D eigenvalue weighted by atomic mass is 79.9. The molecule has 0 bridgehead atoms. The summed E-state index contributed by atoms with van der Waals surface area (Å²) < 4.78 is 8.86. The fraction of sp³-hybridized carbons (Fsp3) is 0.143. The standard InChI is InChI=1S/C14H11BrN2O2S/c15-10-2-1-3-11(8-10)19-6-5-17-9-16-12-4-7-20-13(12)14(17)18/h1-4,7-9H,5-6H2. The van der Waals surface area contributed by atoms with E-state index in [-0.39, 0.29) is 5.56 Å².